The average Bonchev–Trinajstić information content (AvgIpc) is 2.53. The van der Waals surface area contributed by atoms with E-state index in [0.29, 0.717) is 0 Å². The molecule has 0 fully saturated rings. The highest BCUT2D eigenvalue weighted by atomic mass is 15.2. The van der Waals surface area contributed by atoms with Gasteiger partial charge in [-0.2, -0.15) is 0 Å². The van der Waals surface area contributed by atoms with Gasteiger partial charge in [-0.1, -0.05) is 42.5 Å². The maximum absolute atomic E-state index is 4.74. The number of anilines is 3. The summed E-state index contributed by atoms with van der Waals surface area (Å²) in [5.41, 5.74) is 5.42. The van der Waals surface area contributed by atoms with Crippen molar-refractivity contribution in [2.45, 2.75) is 0 Å². The molecule has 4 rings (SSSR count). The van der Waals surface area contributed by atoms with Crippen molar-refractivity contribution in [2.75, 3.05) is 4.90 Å². The van der Waals surface area contributed by atoms with Gasteiger partial charge in [0, 0.05) is 5.69 Å². The molecule has 2 heteroatoms. The third-order valence-electron chi connectivity index (χ3n) is 3.50. The smallest absolute Gasteiger partial charge is 0.0878 e. The fraction of sp³-hybridized carbons (Fsp3) is 0. The van der Waals surface area contributed by atoms with Crippen molar-refractivity contribution in [1.29, 1.82) is 0 Å². The molecule has 20 heavy (non-hydrogen) atoms. The van der Waals surface area contributed by atoms with Crippen LogP contribution in [0.4, 0.5) is 28.4 Å². The van der Waals surface area contributed by atoms with Crippen LogP contribution in [0.2, 0.25) is 0 Å². The second kappa shape index (κ2) is 4.42. The molecule has 0 saturated carbocycles. The second-order valence-electron chi connectivity index (χ2n) is 4.76. The minimum Gasteiger partial charge on any atom is -0.306 e. The van der Waals surface area contributed by atoms with Gasteiger partial charge in [-0.3, -0.25) is 0 Å². The number of para-hydroxylation sites is 5. The Morgan fingerprint density at radius 3 is 1.65 bits per heavy atom. The first-order valence-corrected chi connectivity index (χ1v) is 6.68. The largest absolute Gasteiger partial charge is 0.306 e. The summed E-state index contributed by atoms with van der Waals surface area (Å²) < 4.78 is 0. The Labute approximate surface area is 118 Å². The van der Waals surface area contributed by atoms with Gasteiger partial charge in [0.1, 0.15) is 0 Å². The van der Waals surface area contributed by atoms with Crippen LogP contribution in [0.5, 0.6) is 0 Å². The van der Waals surface area contributed by atoms with Gasteiger partial charge in [0.05, 0.1) is 22.7 Å². The lowest BCUT2D eigenvalue weighted by Gasteiger charge is -2.32. The van der Waals surface area contributed by atoms with E-state index in [2.05, 4.69) is 65.6 Å². The fourth-order valence-corrected chi connectivity index (χ4v) is 2.61. The summed E-state index contributed by atoms with van der Waals surface area (Å²) in [4.78, 5) is 2.26. The maximum atomic E-state index is 4.74. The van der Waals surface area contributed by atoms with Crippen LogP contribution in [-0.2, 0) is 0 Å². The molecule has 3 aromatic carbocycles. The normalized spacial score (nSPS) is 12.3. The van der Waals surface area contributed by atoms with Crippen LogP contribution in [0.15, 0.2) is 78.9 Å². The van der Waals surface area contributed by atoms with Crippen LogP contribution in [0.1, 0.15) is 0 Å². The topological polar surface area (TPSA) is 17.3 Å². The number of hydrogen-bond acceptors (Lipinski definition) is 1. The van der Waals surface area contributed by atoms with Crippen molar-refractivity contribution >= 4 is 28.4 Å². The van der Waals surface area contributed by atoms with Crippen molar-refractivity contribution in [3.8, 4) is 0 Å². The first kappa shape index (κ1) is 11.1. The fourth-order valence-electron chi connectivity index (χ4n) is 2.61. The summed E-state index contributed by atoms with van der Waals surface area (Å²) in [6.45, 7) is 0. The highest BCUT2D eigenvalue weighted by Crippen LogP contribution is 2.47. The standard InChI is InChI=1S/C18H13N2/c1-2-8-14(9-3-1)20-17-12-6-4-10-15(17)19-16-11-5-7-13-18(16)20/h1-13H. The van der Waals surface area contributed by atoms with Crippen LogP contribution in [-0.4, -0.2) is 0 Å². The Bertz CT molecular complexity index is 705. The first-order chi connectivity index (χ1) is 9.93. The summed E-state index contributed by atoms with van der Waals surface area (Å²) >= 11 is 0. The molecule has 95 valence electrons. The van der Waals surface area contributed by atoms with Gasteiger partial charge in [-0.05, 0) is 36.4 Å². The molecule has 3 aromatic rings. The molecule has 2 nitrogen and oxygen atoms in total. The van der Waals surface area contributed by atoms with E-state index < -0.39 is 0 Å². The Morgan fingerprint density at radius 2 is 1.05 bits per heavy atom. The zero-order valence-corrected chi connectivity index (χ0v) is 10.9. The molecule has 0 atom stereocenters. The minimum absolute atomic E-state index is 1.01. The van der Waals surface area contributed by atoms with Crippen molar-refractivity contribution < 1.29 is 0 Å². The molecule has 0 saturated heterocycles. The molecule has 0 aromatic heterocycles. The Kier molecular flexibility index (Phi) is 2.46. The summed E-state index contributed by atoms with van der Waals surface area (Å²) in [5.74, 6) is 0. The summed E-state index contributed by atoms with van der Waals surface area (Å²) in [6, 6.07) is 26.9. The maximum Gasteiger partial charge on any atom is 0.0878 e. The van der Waals surface area contributed by atoms with E-state index in [9.17, 15) is 0 Å². The highest BCUT2D eigenvalue weighted by molar-refractivity contribution is 5.92. The van der Waals surface area contributed by atoms with E-state index in [4.69, 9.17) is 5.32 Å². The summed E-state index contributed by atoms with van der Waals surface area (Å²) in [5, 5.41) is 4.74. The van der Waals surface area contributed by atoms with Gasteiger partial charge in [0.25, 0.3) is 0 Å². The Balaban J connectivity index is 1.98. The van der Waals surface area contributed by atoms with E-state index in [1.807, 2.05) is 18.2 Å². The number of hydrogen-bond donors (Lipinski definition) is 0. The average molecular weight is 257 g/mol. The molecule has 0 aliphatic carbocycles. The lowest BCUT2D eigenvalue weighted by molar-refractivity contribution is 1.10. The summed E-state index contributed by atoms with van der Waals surface area (Å²) in [6.07, 6.45) is 0. The predicted octanol–water partition coefficient (Wildman–Crippen LogP) is 5.04. The molecule has 0 amide bonds. The van der Waals surface area contributed by atoms with Crippen LogP contribution in [0.25, 0.3) is 0 Å². The highest BCUT2D eigenvalue weighted by Gasteiger charge is 2.23. The number of nitrogens with zero attached hydrogens (tertiary/aromatic N) is 2. The van der Waals surface area contributed by atoms with Gasteiger partial charge in [-0.25, -0.2) is 5.32 Å². The molecule has 0 unspecified atom stereocenters. The molecule has 0 bridgehead atoms. The molecular formula is C18H13N2. The van der Waals surface area contributed by atoms with Crippen LogP contribution < -0.4 is 10.2 Å². The van der Waals surface area contributed by atoms with Gasteiger partial charge in [0.15, 0.2) is 0 Å². The van der Waals surface area contributed by atoms with Crippen molar-refractivity contribution in [2.24, 2.45) is 0 Å². The zero-order valence-electron chi connectivity index (χ0n) is 10.9. The van der Waals surface area contributed by atoms with Crippen molar-refractivity contribution in [3.05, 3.63) is 78.9 Å². The lowest BCUT2D eigenvalue weighted by atomic mass is 10.1. The molecule has 0 N–H and O–H groups in total. The first-order valence-electron chi connectivity index (χ1n) is 6.68. The lowest BCUT2D eigenvalue weighted by Crippen LogP contribution is -2.16. The number of fused-ring (bicyclic) bond motifs is 2. The molecule has 1 radical (unpaired) electrons. The van der Waals surface area contributed by atoms with Gasteiger partial charge < -0.3 is 4.90 Å². The van der Waals surface area contributed by atoms with Gasteiger partial charge in [0.2, 0.25) is 0 Å². The van der Waals surface area contributed by atoms with Crippen LogP contribution in [0.3, 0.4) is 0 Å². The molecule has 0 spiro atoms. The Morgan fingerprint density at radius 1 is 0.550 bits per heavy atom. The summed E-state index contributed by atoms with van der Waals surface area (Å²) in [7, 11) is 0. The van der Waals surface area contributed by atoms with Crippen LogP contribution in [0, 0.1) is 0 Å². The minimum atomic E-state index is 1.01. The molecule has 1 heterocycles. The number of benzene rings is 3. The van der Waals surface area contributed by atoms with Crippen LogP contribution >= 0.6 is 0 Å². The van der Waals surface area contributed by atoms with E-state index in [1.54, 1.807) is 0 Å². The molecular weight excluding hydrogens is 244 g/mol. The molecule has 1 aliphatic rings. The van der Waals surface area contributed by atoms with E-state index in [0.717, 1.165) is 28.4 Å². The molecule has 1 aliphatic heterocycles. The van der Waals surface area contributed by atoms with Gasteiger partial charge in [-0.15, -0.1) is 0 Å². The van der Waals surface area contributed by atoms with E-state index >= 15 is 0 Å². The zero-order chi connectivity index (χ0) is 13.4. The monoisotopic (exact) mass is 257 g/mol. The van der Waals surface area contributed by atoms with Crippen molar-refractivity contribution in [3.63, 3.8) is 0 Å². The second-order valence-corrected chi connectivity index (χ2v) is 4.76. The van der Waals surface area contributed by atoms with Crippen molar-refractivity contribution in [1.82, 2.24) is 5.32 Å². The van der Waals surface area contributed by atoms with E-state index in [-0.39, 0.29) is 0 Å². The van der Waals surface area contributed by atoms with E-state index in [1.165, 1.54) is 0 Å². The van der Waals surface area contributed by atoms with Gasteiger partial charge >= 0.3 is 0 Å². The predicted molar refractivity (Wildman–Crippen MR) is 82.6 cm³/mol. The number of rotatable bonds is 1. The third kappa shape index (κ3) is 1.66. The SMILES string of the molecule is c1ccc(N2c3ccccc3[N]c3ccccc32)cc1. The Hall–Kier alpha value is -2.74. The quantitative estimate of drug-likeness (QED) is 0.467. The third-order valence-corrected chi connectivity index (χ3v) is 3.50.